The van der Waals surface area contributed by atoms with Crippen LogP contribution in [0.15, 0.2) is 169 Å². The Hall–Kier alpha value is -5.66. The molecule has 5 aromatic carbocycles. The van der Waals surface area contributed by atoms with Crippen LogP contribution in [-0.2, 0) is 0 Å². The Labute approximate surface area is 300 Å². The van der Waals surface area contributed by atoms with Gasteiger partial charge in [0.15, 0.2) is 0 Å². The zero-order chi connectivity index (χ0) is 34.1. The first-order valence-corrected chi connectivity index (χ1v) is 17.9. The minimum atomic E-state index is -0.105. The van der Waals surface area contributed by atoms with Crippen LogP contribution in [0.1, 0.15) is 46.3 Å². The largest absolute Gasteiger partial charge is 0.387 e. The molecule has 4 aliphatic heterocycles. The molecule has 51 heavy (non-hydrogen) atoms. The maximum absolute atomic E-state index is 3.89. The van der Waals surface area contributed by atoms with Gasteiger partial charge in [0.2, 0.25) is 0 Å². The molecule has 1 fully saturated rings. The summed E-state index contributed by atoms with van der Waals surface area (Å²) in [5.74, 6) is 0. The summed E-state index contributed by atoms with van der Waals surface area (Å²) in [6.07, 6.45) is 8.54. The normalized spacial score (nSPS) is 22.4. The second-order valence-corrected chi connectivity index (χ2v) is 13.7. The van der Waals surface area contributed by atoms with Gasteiger partial charge in [0.1, 0.15) is 0 Å². The number of dihydropyridines is 1. The molecular formula is C45H42N6. The van der Waals surface area contributed by atoms with Crippen LogP contribution in [0, 0.1) is 6.92 Å². The van der Waals surface area contributed by atoms with Crippen molar-refractivity contribution in [1.82, 2.24) is 31.9 Å². The van der Waals surface area contributed by atoms with E-state index in [0.717, 1.165) is 13.1 Å². The molecular weight excluding hydrogens is 625 g/mol. The molecule has 1 saturated heterocycles. The Kier molecular flexibility index (Phi) is 8.34. The number of allylic oxidation sites excluding steroid dienone is 1. The molecule has 0 aromatic heterocycles. The molecule has 0 aliphatic carbocycles. The molecule has 4 aliphatic rings. The third kappa shape index (κ3) is 6.30. The van der Waals surface area contributed by atoms with Crippen molar-refractivity contribution in [2.45, 2.75) is 31.5 Å². The molecule has 6 heteroatoms. The second-order valence-electron chi connectivity index (χ2n) is 13.7. The molecule has 0 amide bonds. The van der Waals surface area contributed by atoms with E-state index in [4.69, 9.17) is 0 Å². The van der Waals surface area contributed by atoms with Gasteiger partial charge in [-0.3, -0.25) is 16.0 Å². The van der Waals surface area contributed by atoms with Gasteiger partial charge in [-0.05, 0) is 81.9 Å². The first-order valence-electron chi connectivity index (χ1n) is 17.9. The molecule has 6 nitrogen and oxygen atoms in total. The summed E-state index contributed by atoms with van der Waals surface area (Å²) in [7, 11) is 0. The molecule has 9 rings (SSSR count). The van der Waals surface area contributed by atoms with Crippen molar-refractivity contribution in [1.29, 1.82) is 0 Å². The molecule has 252 valence electrons. The average molecular weight is 667 g/mol. The Balaban J connectivity index is 1.11. The van der Waals surface area contributed by atoms with Gasteiger partial charge in [0.05, 0.1) is 24.5 Å². The van der Waals surface area contributed by atoms with Gasteiger partial charge in [-0.1, -0.05) is 127 Å². The Morgan fingerprint density at radius 3 is 1.76 bits per heavy atom. The molecule has 0 bridgehead atoms. The molecule has 0 radical (unpaired) electrons. The summed E-state index contributed by atoms with van der Waals surface area (Å²) in [5, 5.41) is 22.4. The molecule has 5 aromatic rings. The summed E-state index contributed by atoms with van der Waals surface area (Å²) in [6, 6.07) is 46.4. The first-order chi connectivity index (χ1) is 25.2. The smallest absolute Gasteiger partial charge is 0.0865 e. The minimum absolute atomic E-state index is 0.0383. The van der Waals surface area contributed by atoms with Crippen LogP contribution in [0.5, 0.6) is 0 Å². The fourth-order valence-electron chi connectivity index (χ4n) is 7.68. The van der Waals surface area contributed by atoms with Crippen molar-refractivity contribution in [2.75, 3.05) is 13.1 Å². The van der Waals surface area contributed by atoms with Crippen LogP contribution in [0.2, 0.25) is 0 Å². The highest BCUT2D eigenvalue weighted by atomic mass is 15.4. The second kappa shape index (κ2) is 13.6. The van der Waals surface area contributed by atoms with Crippen molar-refractivity contribution in [3.05, 3.63) is 196 Å². The SMILES string of the molecule is Cc1ccc(-c2cc(-c3ccc(C4=C5C=CNCC5=C5NCC=CC5N4)cc3)cc(C3NC(c4ccccc4)NC(c4ccccc4)N3)c2)cc1. The number of fused-ring (bicyclic) bond motifs is 2. The topological polar surface area (TPSA) is 72.2 Å². The fourth-order valence-corrected chi connectivity index (χ4v) is 7.68. The number of benzene rings is 5. The summed E-state index contributed by atoms with van der Waals surface area (Å²) in [4.78, 5) is 0. The van der Waals surface area contributed by atoms with E-state index < -0.39 is 0 Å². The van der Waals surface area contributed by atoms with Gasteiger partial charge in [0.25, 0.3) is 0 Å². The van der Waals surface area contributed by atoms with Crippen LogP contribution in [0.3, 0.4) is 0 Å². The Bertz CT molecular complexity index is 2120. The van der Waals surface area contributed by atoms with Crippen LogP contribution < -0.4 is 31.9 Å². The zero-order valence-electron chi connectivity index (χ0n) is 28.7. The maximum atomic E-state index is 3.89. The summed E-state index contributed by atoms with van der Waals surface area (Å²) < 4.78 is 0. The lowest BCUT2D eigenvalue weighted by Gasteiger charge is -2.40. The van der Waals surface area contributed by atoms with Gasteiger partial charge in [-0.25, -0.2) is 0 Å². The van der Waals surface area contributed by atoms with Crippen molar-refractivity contribution >= 4 is 5.70 Å². The lowest BCUT2D eigenvalue weighted by molar-refractivity contribution is 0.203. The van der Waals surface area contributed by atoms with Crippen molar-refractivity contribution in [2.24, 2.45) is 0 Å². The number of hydrogen-bond acceptors (Lipinski definition) is 6. The van der Waals surface area contributed by atoms with Gasteiger partial charge in [-0.15, -0.1) is 0 Å². The van der Waals surface area contributed by atoms with E-state index >= 15 is 0 Å². The van der Waals surface area contributed by atoms with Crippen LogP contribution in [-0.4, -0.2) is 19.1 Å². The highest BCUT2D eigenvalue weighted by Gasteiger charge is 2.31. The number of hydrogen-bond donors (Lipinski definition) is 6. The fraction of sp³-hybridized carbons (Fsp3) is 0.156. The number of aryl methyl sites for hydroxylation is 1. The molecule has 3 unspecified atom stereocenters. The van der Waals surface area contributed by atoms with E-state index in [1.54, 1.807) is 0 Å². The average Bonchev–Trinajstić information content (AvgIpc) is 3.21. The van der Waals surface area contributed by atoms with E-state index in [1.165, 1.54) is 72.6 Å². The summed E-state index contributed by atoms with van der Waals surface area (Å²) in [5.41, 5.74) is 15.8. The number of nitrogens with one attached hydrogen (secondary N) is 6. The van der Waals surface area contributed by atoms with Gasteiger partial charge in [0, 0.05) is 35.6 Å². The summed E-state index contributed by atoms with van der Waals surface area (Å²) >= 11 is 0. The minimum Gasteiger partial charge on any atom is -0.387 e. The van der Waals surface area contributed by atoms with E-state index in [1.807, 2.05) is 0 Å². The van der Waals surface area contributed by atoms with E-state index in [2.05, 4.69) is 191 Å². The first kappa shape index (κ1) is 31.3. The van der Waals surface area contributed by atoms with Crippen LogP contribution >= 0.6 is 0 Å². The zero-order valence-corrected chi connectivity index (χ0v) is 28.7. The third-order valence-corrected chi connectivity index (χ3v) is 10.4. The Morgan fingerprint density at radius 1 is 0.569 bits per heavy atom. The van der Waals surface area contributed by atoms with Crippen LogP contribution in [0.4, 0.5) is 0 Å². The van der Waals surface area contributed by atoms with Gasteiger partial charge >= 0.3 is 0 Å². The quantitative estimate of drug-likeness (QED) is 0.104. The third-order valence-electron chi connectivity index (χ3n) is 10.4. The number of rotatable bonds is 6. The molecule has 0 spiro atoms. The predicted molar refractivity (Wildman–Crippen MR) is 208 cm³/mol. The molecule has 4 heterocycles. The Morgan fingerprint density at radius 2 is 1.14 bits per heavy atom. The predicted octanol–water partition coefficient (Wildman–Crippen LogP) is 7.72. The van der Waals surface area contributed by atoms with Crippen LogP contribution in [0.25, 0.3) is 28.0 Å². The molecule has 3 atom stereocenters. The van der Waals surface area contributed by atoms with Gasteiger partial charge < -0.3 is 16.0 Å². The monoisotopic (exact) mass is 666 g/mol. The van der Waals surface area contributed by atoms with Crippen molar-refractivity contribution in [3.63, 3.8) is 0 Å². The lowest BCUT2D eigenvalue weighted by atomic mass is 9.88. The molecule has 6 N–H and O–H groups in total. The maximum Gasteiger partial charge on any atom is 0.0865 e. The van der Waals surface area contributed by atoms with E-state index in [-0.39, 0.29) is 24.5 Å². The highest BCUT2D eigenvalue weighted by molar-refractivity contribution is 5.80. The van der Waals surface area contributed by atoms with Crippen molar-refractivity contribution < 1.29 is 0 Å². The van der Waals surface area contributed by atoms with Gasteiger partial charge in [-0.2, -0.15) is 0 Å². The summed E-state index contributed by atoms with van der Waals surface area (Å²) in [6.45, 7) is 3.83. The van der Waals surface area contributed by atoms with Crippen molar-refractivity contribution in [3.8, 4) is 22.3 Å². The molecule has 0 saturated carbocycles. The lowest BCUT2D eigenvalue weighted by Crippen LogP contribution is -2.54. The van der Waals surface area contributed by atoms with E-state index in [0.29, 0.717) is 0 Å². The van der Waals surface area contributed by atoms with E-state index in [9.17, 15) is 0 Å². The highest BCUT2D eigenvalue weighted by Crippen LogP contribution is 2.36. The standard InChI is InChI=1S/C45H42N6/c1-29-14-16-30(17-15-29)35-25-36(31-18-20-32(21-19-31)41-38-22-24-46-28-39(38)42-40(48-41)13-8-23-47-42)27-37(26-35)45-50-43(33-9-4-2-5-10-33)49-44(51-45)34-11-6-3-7-12-34/h2-22,24-27,40,43-51H,23,28H2,1H3.